The van der Waals surface area contributed by atoms with Crippen LogP contribution in [0.15, 0.2) is 18.2 Å². The van der Waals surface area contributed by atoms with Crippen molar-refractivity contribution < 1.29 is 9.53 Å². The van der Waals surface area contributed by atoms with E-state index in [2.05, 4.69) is 0 Å². The van der Waals surface area contributed by atoms with Gasteiger partial charge in [-0.05, 0) is 19.1 Å². The molecule has 1 aromatic carbocycles. The number of hydrogen-bond acceptors (Lipinski definition) is 2. The number of hydrogen-bond donors (Lipinski definition) is 0. The molecule has 15 heavy (non-hydrogen) atoms. The number of ether oxygens (including phenoxy) is 1. The van der Waals surface area contributed by atoms with Crippen molar-refractivity contribution in [2.45, 2.75) is 13.0 Å². The maximum atomic E-state index is 11.2. The van der Waals surface area contributed by atoms with Crippen LogP contribution in [0.1, 0.15) is 6.92 Å². The van der Waals surface area contributed by atoms with Crippen molar-refractivity contribution in [1.82, 2.24) is 0 Å². The molecule has 0 aliphatic heterocycles. The van der Waals surface area contributed by atoms with Gasteiger partial charge in [0.05, 0.1) is 15.9 Å². The molecule has 0 radical (unpaired) electrons. The number of para-hydroxylation sites is 1. The summed E-state index contributed by atoms with van der Waals surface area (Å²) in [6.07, 6.45) is -0.653. The number of carbonyl (C=O) groups is 1. The normalized spacial score (nSPS) is 12.3. The third-order valence-corrected chi connectivity index (χ3v) is 2.66. The molecule has 0 N–H and O–H groups in total. The summed E-state index contributed by atoms with van der Waals surface area (Å²) in [7, 11) is 0. The Morgan fingerprint density at radius 2 is 1.93 bits per heavy atom. The number of alkyl halides is 1. The largest absolute Gasteiger partial charge is 0.480 e. The monoisotopic (exact) mass is 266 g/mol. The minimum atomic E-state index is -0.653. The maximum Gasteiger partial charge on any atom is 0.187 e. The second-order valence-corrected chi connectivity index (χ2v) is 3.99. The summed E-state index contributed by atoms with van der Waals surface area (Å²) in [4.78, 5) is 11.2. The van der Waals surface area contributed by atoms with Gasteiger partial charge in [0.25, 0.3) is 0 Å². The Hall–Kier alpha value is -0.440. The van der Waals surface area contributed by atoms with E-state index in [1.807, 2.05) is 0 Å². The molecule has 1 aromatic rings. The van der Waals surface area contributed by atoms with Gasteiger partial charge >= 0.3 is 0 Å². The second kappa shape index (κ2) is 5.59. The van der Waals surface area contributed by atoms with Gasteiger partial charge in [0.1, 0.15) is 0 Å². The molecule has 1 rings (SSSR count). The van der Waals surface area contributed by atoms with E-state index in [1.54, 1.807) is 25.1 Å². The van der Waals surface area contributed by atoms with Gasteiger partial charge in [-0.25, -0.2) is 0 Å². The third kappa shape index (κ3) is 3.26. The lowest BCUT2D eigenvalue weighted by molar-refractivity contribution is -0.122. The first kappa shape index (κ1) is 12.6. The first-order chi connectivity index (χ1) is 7.06. The molecule has 0 aliphatic rings. The Bertz CT molecular complexity index is 345. The third-order valence-electron chi connectivity index (χ3n) is 1.80. The zero-order valence-electron chi connectivity index (χ0n) is 7.97. The van der Waals surface area contributed by atoms with E-state index in [4.69, 9.17) is 39.5 Å². The summed E-state index contributed by atoms with van der Waals surface area (Å²) >= 11 is 17.1. The first-order valence-electron chi connectivity index (χ1n) is 4.25. The molecule has 0 aliphatic carbocycles. The topological polar surface area (TPSA) is 26.3 Å². The van der Waals surface area contributed by atoms with Crippen LogP contribution in [0.2, 0.25) is 10.0 Å². The van der Waals surface area contributed by atoms with Crippen molar-refractivity contribution >= 4 is 40.6 Å². The van der Waals surface area contributed by atoms with Crippen LogP contribution in [0.3, 0.4) is 0 Å². The molecular weight excluding hydrogens is 258 g/mol. The van der Waals surface area contributed by atoms with Crippen molar-refractivity contribution in [1.29, 1.82) is 0 Å². The number of carbonyl (C=O) groups excluding carboxylic acids is 1. The van der Waals surface area contributed by atoms with Crippen molar-refractivity contribution in [3.8, 4) is 5.75 Å². The van der Waals surface area contributed by atoms with Crippen LogP contribution < -0.4 is 4.74 Å². The number of halogens is 3. The highest BCUT2D eigenvalue weighted by molar-refractivity contribution is 6.37. The highest BCUT2D eigenvalue weighted by atomic mass is 35.5. The molecule has 0 amide bonds. The van der Waals surface area contributed by atoms with Crippen LogP contribution in [0.5, 0.6) is 5.75 Å². The molecule has 0 heterocycles. The lowest BCUT2D eigenvalue weighted by Crippen LogP contribution is -2.25. The average molecular weight is 268 g/mol. The lowest BCUT2D eigenvalue weighted by Gasteiger charge is -2.14. The maximum absolute atomic E-state index is 11.2. The van der Waals surface area contributed by atoms with Gasteiger partial charge in [0.2, 0.25) is 0 Å². The van der Waals surface area contributed by atoms with E-state index in [-0.39, 0.29) is 11.7 Å². The first-order valence-corrected chi connectivity index (χ1v) is 5.54. The SMILES string of the molecule is CC(Oc1c(Cl)cccc1Cl)C(=O)CCl. The Kier molecular flexibility index (Phi) is 4.71. The molecule has 0 fully saturated rings. The predicted octanol–water partition coefficient (Wildman–Crippen LogP) is 3.57. The fourth-order valence-electron chi connectivity index (χ4n) is 0.946. The summed E-state index contributed by atoms with van der Waals surface area (Å²) in [5, 5.41) is 0.744. The quantitative estimate of drug-likeness (QED) is 0.780. The minimum absolute atomic E-state index is 0.0940. The van der Waals surface area contributed by atoms with Gasteiger partial charge in [0.15, 0.2) is 17.6 Å². The van der Waals surface area contributed by atoms with Crippen LogP contribution in [0.25, 0.3) is 0 Å². The minimum Gasteiger partial charge on any atom is -0.480 e. The highest BCUT2D eigenvalue weighted by Crippen LogP contribution is 2.33. The van der Waals surface area contributed by atoms with E-state index in [9.17, 15) is 4.79 Å². The molecule has 0 saturated heterocycles. The Morgan fingerprint density at radius 1 is 1.40 bits per heavy atom. The number of benzene rings is 1. The van der Waals surface area contributed by atoms with Crippen LogP contribution in [0.4, 0.5) is 0 Å². The van der Waals surface area contributed by atoms with Crippen LogP contribution >= 0.6 is 34.8 Å². The number of rotatable bonds is 4. The average Bonchev–Trinajstić information content (AvgIpc) is 2.22. The van der Waals surface area contributed by atoms with Gasteiger partial charge in [-0.3, -0.25) is 4.79 Å². The standard InChI is InChI=1S/C10H9Cl3O2/c1-6(9(14)5-11)15-10-7(12)3-2-4-8(10)13/h2-4,6H,5H2,1H3. The van der Waals surface area contributed by atoms with Crippen molar-refractivity contribution in [2.24, 2.45) is 0 Å². The van der Waals surface area contributed by atoms with Crippen molar-refractivity contribution in [2.75, 3.05) is 5.88 Å². The molecule has 1 atom stereocenters. The molecule has 82 valence electrons. The van der Waals surface area contributed by atoms with Crippen molar-refractivity contribution in [3.63, 3.8) is 0 Å². The Balaban J connectivity index is 2.85. The Morgan fingerprint density at radius 3 is 2.40 bits per heavy atom. The molecule has 0 saturated carbocycles. The highest BCUT2D eigenvalue weighted by Gasteiger charge is 2.16. The van der Waals surface area contributed by atoms with Crippen LogP contribution in [-0.4, -0.2) is 17.8 Å². The molecule has 5 heteroatoms. The van der Waals surface area contributed by atoms with E-state index in [0.717, 1.165) is 0 Å². The van der Waals surface area contributed by atoms with Gasteiger partial charge in [-0.15, -0.1) is 11.6 Å². The van der Waals surface area contributed by atoms with Gasteiger partial charge in [-0.1, -0.05) is 29.3 Å². The van der Waals surface area contributed by atoms with Gasteiger partial charge in [0, 0.05) is 0 Å². The van der Waals surface area contributed by atoms with Crippen molar-refractivity contribution in [3.05, 3.63) is 28.2 Å². The molecule has 0 spiro atoms. The fourth-order valence-corrected chi connectivity index (χ4v) is 1.65. The zero-order chi connectivity index (χ0) is 11.4. The number of ketones is 1. The van der Waals surface area contributed by atoms with Crippen LogP contribution in [0, 0.1) is 0 Å². The molecule has 1 unspecified atom stereocenters. The van der Waals surface area contributed by atoms with Gasteiger partial charge < -0.3 is 4.74 Å². The van der Waals surface area contributed by atoms with E-state index >= 15 is 0 Å². The van der Waals surface area contributed by atoms with E-state index in [0.29, 0.717) is 15.8 Å². The molecule has 0 bridgehead atoms. The molecular formula is C10H9Cl3O2. The lowest BCUT2D eigenvalue weighted by atomic mass is 10.3. The van der Waals surface area contributed by atoms with E-state index in [1.165, 1.54) is 0 Å². The fraction of sp³-hybridized carbons (Fsp3) is 0.300. The number of Topliss-reactive ketones (excluding diaryl/α,β-unsaturated/α-hetero) is 1. The summed E-state index contributed by atoms with van der Waals surface area (Å²) in [5.41, 5.74) is 0. The smallest absolute Gasteiger partial charge is 0.187 e. The van der Waals surface area contributed by atoms with Crippen LogP contribution in [-0.2, 0) is 4.79 Å². The summed E-state index contributed by atoms with van der Waals surface area (Å²) in [6.45, 7) is 1.60. The summed E-state index contributed by atoms with van der Waals surface area (Å²) < 4.78 is 5.33. The summed E-state index contributed by atoms with van der Waals surface area (Å²) in [5.74, 6) is 0.00271. The second-order valence-electron chi connectivity index (χ2n) is 2.91. The zero-order valence-corrected chi connectivity index (χ0v) is 10.2. The van der Waals surface area contributed by atoms with E-state index < -0.39 is 6.10 Å². The van der Waals surface area contributed by atoms with Gasteiger partial charge in [-0.2, -0.15) is 0 Å². The molecule has 2 nitrogen and oxygen atoms in total. The summed E-state index contributed by atoms with van der Waals surface area (Å²) in [6, 6.07) is 4.98. The Labute approximate surface area is 103 Å². The molecule has 0 aromatic heterocycles. The predicted molar refractivity (Wildman–Crippen MR) is 62.3 cm³/mol.